The van der Waals surface area contributed by atoms with Crippen molar-refractivity contribution in [3.05, 3.63) is 29.8 Å². The van der Waals surface area contributed by atoms with E-state index >= 15 is 0 Å². The van der Waals surface area contributed by atoms with Gasteiger partial charge in [0.1, 0.15) is 18.5 Å². The fraction of sp³-hybridized carbons (Fsp3) is 0.571. The highest BCUT2D eigenvalue weighted by molar-refractivity contribution is 7.98. The van der Waals surface area contributed by atoms with E-state index in [0.717, 1.165) is 24.5 Å². The molecule has 1 unspecified atom stereocenters. The van der Waals surface area contributed by atoms with Crippen LogP contribution in [0.2, 0.25) is 0 Å². The van der Waals surface area contributed by atoms with Crippen LogP contribution in [0.5, 0.6) is 5.75 Å². The van der Waals surface area contributed by atoms with E-state index in [1.807, 2.05) is 18.2 Å². The largest absolute Gasteiger partial charge is 0.491 e. The number of nitrogens with one attached hydrogen (secondary N) is 1. The summed E-state index contributed by atoms with van der Waals surface area (Å²) in [6.45, 7) is 3.95. The Hall–Kier alpha value is -0.710. The molecule has 0 saturated heterocycles. The highest BCUT2D eigenvalue weighted by atomic mass is 32.2. The molecule has 1 rings (SSSR count). The molecule has 102 valence electrons. The summed E-state index contributed by atoms with van der Waals surface area (Å²) in [4.78, 5) is 0. The zero-order valence-electron chi connectivity index (χ0n) is 11.2. The Morgan fingerprint density at radius 1 is 1.44 bits per heavy atom. The second-order valence-corrected chi connectivity index (χ2v) is 5.15. The lowest BCUT2D eigenvalue weighted by Crippen LogP contribution is -2.32. The van der Waals surface area contributed by atoms with Crippen molar-refractivity contribution in [3.8, 4) is 5.75 Å². The van der Waals surface area contributed by atoms with Gasteiger partial charge < -0.3 is 15.2 Å². The predicted octanol–water partition coefficient (Wildman–Crippen LogP) is 1.94. The lowest BCUT2D eigenvalue weighted by molar-refractivity contribution is 0.107. The smallest absolute Gasteiger partial charge is 0.119 e. The van der Waals surface area contributed by atoms with Crippen molar-refractivity contribution >= 4 is 11.8 Å². The van der Waals surface area contributed by atoms with Gasteiger partial charge in [0.25, 0.3) is 0 Å². The van der Waals surface area contributed by atoms with Crippen molar-refractivity contribution in [2.75, 3.05) is 31.7 Å². The first-order chi connectivity index (χ1) is 8.76. The van der Waals surface area contributed by atoms with Crippen LogP contribution in [-0.4, -0.2) is 42.9 Å². The van der Waals surface area contributed by atoms with Gasteiger partial charge in [0.2, 0.25) is 0 Å². The second kappa shape index (κ2) is 9.25. The molecule has 18 heavy (non-hydrogen) atoms. The van der Waals surface area contributed by atoms with Crippen molar-refractivity contribution in [1.29, 1.82) is 0 Å². The Kier molecular flexibility index (Phi) is 7.89. The molecule has 0 amide bonds. The lowest BCUT2D eigenvalue weighted by Gasteiger charge is -2.13. The topological polar surface area (TPSA) is 41.5 Å². The molecule has 0 heterocycles. The number of thioether (sulfide) groups is 1. The van der Waals surface area contributed by atoms with Crippen molar-refractivity contribution in [3.63, 3.8) is 0 Å². The Bertz CT molecular complexity index is 333. The molecule has 0 bridgehead atoms. The number of aliphatic hydroxyl groups excluding tert-OH is 1. The van der Waals surface area contributed by atoms with Crippen LogP contribution in [0.4, 0.5) is 0 Å². The molecule has 0 aliphatic carbocycles. The van der Waals surface area contributed by atoms with Crippen LogP contribution in [0.15, 0.2) is 24.3 Å². The van der Waals surface area contributed by atoms with E-state index in [2.05, 4.69) is 24.6 Å². The van der Waals surface area contributed by atoms with Crippen LogP contribution in [0.25, 0.3) is 0 Å². The zero-order chi connectivity index (χ0) is 13.2. The van der Waals surface area contributed by atoms with E-state index in [0.29, 0.717) is 13.2 Å². The molecule has 2 N–H and O–H groups in total. The maximum absolute atomic E-state index is 9.74. The van der Waals surface area contributed by atoms with E-state index in [4.69, 9.17) is 4.74 Å². The van der Waals surface area contributed by atoms with Crippen LogP contribution in [-0.2, 0) is 6.42 Å². The number of aliphatic hydroxyl groups is 1. The standard InChI is InChI=1S/C14H23NO2S/c1-3-12-5-4-6-14(9-12)17-11-13(16)10-15-7-8-18-2/h4-6,9,13,15-16H,3,7-8,10-11H2,1-2H3. The fourth-order valence-electron chi connectivity index (χ4n) is 1.55. The summed E-state index contributed by atoms with van der Waals surface area (Å²) in [5.74, 6) is 1.89. The van der Waals surface area contributed by atoms with Gasteiger partial charge in [0.05, 0.1) is 0 Å². The first-order valence-electron chi connectivity index (χ1n) is 6.35. The number of rotatable bonds is 9. The average Bonchev–Trinajstić information content (AvgIpc) is 2.41. The maximum atomic E-state index is 9.74. The van der Waals surface area contributed by atoms with E-state index in [-0.39, 0.29) is 0 Å². The van der Waals surface area contributed by atoms with Crippen LogP contribution in [0, 0.1) is 0 Å². The molecule has 0 saturated carbocycles. The van der Waals surface area contributed by atoms with Gasteiger partial charge in [-0.05, 0) is 30.4 Å². The summed E-state index contributed by atoms with van der Waals surface area (Å²) in [5, 5.41) is 12.9. The quantitative estimate of drug-likeness (QED) is 0.672. The number of hydrogen-bond acceptors (Lipinski definition) is 4. The molecule has 1 aromatic rings. The zero-order valence-corrected chi connectivity index (χ0v) is 12.0. The Morgan fingerprint density at radius 3 is 3.00 bits per heavy atom. The summed E-state index contributed by atoms with van der Waals surface area (Å²) in [6.07, 6.45) is 2.61. The molecule has 4 heteroatoms. The van der Waals surface area contributed by atoms with Gasteiger partial charge in [-0.3, -0.25) is 0 Å². The number of aryl methyl sites for hydroxylation is 1. The molecule has 1 atom stereocenters. The predicted molar refractivity (Wildman–Crippen MR) is 78.6 cm³/mol. The molecule has 3 nitrogen and oxygen atoms in total. The summed E-state index contributed by atoms with van der Waals surface area (Å²) in [5.41, 5.74) is 1.25. The molecular formula is C14H23NO2S. The third-order valence-corrected chi connectivity index (χ3v) is 3.22. The molecular weight excluding hydrogens is 246 g/mol. The summed E-state index contributed by atoms with van der Waals surface area (Å²) in [6, 6.07) is 8.01. The highest BCUT2D eigenvalue weighted by Gasteiger charge is 2.04. The minimum atomic E-state index is -0.461. The van der Waals surface area contributed by atoms with Crippen LogP contribution >= 0.6 is 11.8 Å². The van der Waals surface area contributed by atoms with Crippen LogP contribution < -0.4 is 10.1 Å². The van der Waals surface area contributed by atoms with Gasteiger partial charge in [-0.1, -0.05) is 19.1 Å². The summed E-state index contributed by atoms with van der Waals surface area (Å²) in [7, 11) is 0. The van der Waals surface area contributed by atoms with E-state index in [1.165, 1.54) is 5.56 Å². The van der Waals surface area contributed by atoms with Gasteiger partial charge in [-0.15, -0.1) is 0 Å². The van der Waals surface area contributed by atoms with Crippen molar-refractivity contribution in [2.45, 2.75) is 19.4 Å². The monoisotopic (exact) mass is 269 g/mol. The molecule has 0 fully saturated rings. The van der Waals surface area contributed by atoms with Gasteiger partial charge in [-0.25, -0.2) is 0 Å². The van der Waals surface area contributed by atoms with Crippen molar-refractivity contribution in [2.24, 2.45) is 0 Å². The molecule has 0 aliphatic rings. The van der Waals surface area contributed by atoms with Gasteiger partial charge in [-0.2, -0.15) is 11.8 Å². The molecule has 0 radical (unpaired) electrons. The third kappa shape index (κ3) is 6.28. The van der Waals surface area contributed by atoms with Crippen LogP contribution in [0.1, 0.15) is 12.5 Å². The first kappa shape index (κ1) is 15.3. The molecule has 0 spiro atoms. The Balaban J connectivity index is 2.22. The van der Waals surface area contributed by atoms with E-state index in [9.17, 15) is 5.11 Å². The SMILES string of the molecule is CCc1cccc(OCC(O)CNCCSC)c1. The molecule has 0 aliphatic heterocycles. The number of benzene rings is 1. The van der Waals surface area contributed by atoms with Gasteiger partial charge in [0.15, 0.2) is 0 Å². The van der Waals surface area contributed by atoms with Gasteiger partial charge in [0, 0.05) is 18.8 Å². The maximum Gasteiger partial charge on any atom is 0.119 e. The molecule has 1 aromatic carbocycles. The van der Waals surface area contributed by atoms with Crippen molar-refractivity contribution < 1.29 is 9.84 Å². The highest BCUT2D eigenvalue weighted by Crippen LogP contribution is 2.13. The Morgan fingerprint density at radius 2 is 2.28 bits per heavy atom. The number of ether oxygens (including phenoxy) is 1. The Labute approximate surface area is 114 Å². The summed E-state index contributed by atoms with van der Waals surface area (Å²) < 4.78 is 5.57. The molecule has 0 aromatic heterocycles. The van der Waals surface area contributed by atoms with Gasteiger partial charge >= 0.3 is 0 Å². The average molecular weight is 269 g/mol. The third-order valence-electron chi connectivity index (χ3n) is 2.61. The number of hydrogen-bond donors (Lipinski definition) is 2. The second-order valence-electron chi connectivity index (χ2n) is 4.16. The first-order valence-corrected chi connectivity index (χ1v) is 7.75. The van der Waals surface area contributed by atoms with Crippen molar-refractivity contribution in [1.82, 2.24) is 5.32 Å². The van der Waals surface area contributed by atoms with E-state index in [1.54, 1.807) is 11.8 Å². The lowest BCUT2D eigenvalue weighted by atomic mass is 10.2. The summed E-state index contributed by atoms with van der Waals surface area (Å²) >= 11 is 1.79. The minimum Gasteiger partial charge on any atom is -0.491 e. The van der Waals surface area contributed by atoms with E-state index < -0.39 is 6.10 Å². The normalized spacial score (nSPS) is 12.4. The van der Waals surface area contributed by atoms with Crippen LogP contribution in [0.3, 0.4) is 0 Å². The fourth-order valence-corrected chi connectivity index (χ4v) is 1.90. The minimum absolute atomic E-state index is 0.333.